The molecule has 2 amide bonds. The largest absolute Gasteiger partial charge is 0.368 e. The average molecular weight is 320 g/mol. The Morgan fingerprint density at radius 2 is 2.17 bits per heavy atom. The molecule has 0 bridgehead atoms. The van der Waals surface area contributed by atoms with Crippen molar-refractivity contribution in [3.8, 4) is 0 Å². The molecule has 1 aliphatic carbocycles. The second kappa shape index (κ2) is 7.12. The number of fused-ring (bicyclic) bond motifs is 1. The second-order valence-electron chi connectivity index (χ2n) is 6.29. The first-order chi connectivity index (χ1) is 11.2. The number of carbonyl (C=O) groups excluding carboxylic acids is 2. The average Bonchev–Trinajstić information content (AvgIpc) is 3.23. The van der Waals surface area contributed by atoms with Crippen LogP contribution in [0.25, 0.3) is 0 Å². The van der Waals surface area contributed by atoms with E-state index in [2.05, 4.69) is 10.4 Å². The zero-order valence-corrected chi connectivity index (χ0v) is 13.5. The summed E-state index contributed by atoms with van der Waals surface area (Å²) in [5, 5.41) is 6.93. The zero-order chi connectivity index (χ0) is 16.2. The van der Waals surface area contributed by atoms with Crippen LogP contribution in [0.3, 0.4) is 0 Å². The Labute approximate surface area is 136 Å². The molecule has 1 fully saturated rings. The fourth-order valence-electron chi connectivity index (χ4n) is 3.38. The van der Waals surface area contributed by atoms with E-state index < -0.39 is 0 Å². The lowest BCUT2D eigenvalue weighted by molar-refractivity contribution is -0.140. The molecular formula is C16H24N4O3. The standard InChI is InChI=1S/C16H24N4O3/c1-17-15(21)8-13-10-19(9-12-6-7-18-20(12)13)16(22)11-23-14-4-2-3-5-14/h6-7,13-14H,2-5,8-11H2,1H3,(H,17,21)/t13-/m1/s1. The number of rotatable bonds is 5. The highest BCUT2D eigenvalue weighted by Gasteiger charge is 2.30. The molecule has 2 heterocycles. The minimum Gasteiger partial charge on any atom is -0.368 e. The first-order valence-electron chi connectivity index (χ1n) is 8.29. The van der Waals surface area contributed by atoms with Gasteiger partial charge in [-0.15, -0.1) is 0 Å². The van der Waals surface area contributed by atoms with Gasteiger partial charge < -0.3 is 15.0 Å². The van der Waals surface area contributed by atoms with E-state index >= 15 is 0 Å². The lowest BCUT2D eigenvalue weighted by Gasteiger charge is -2.33. The quantitative estimate of drug-likeness (QED) is 0.873. The van der Waals surface area contributed by atoms with Gasteiger partial charge in [-0.3, -0.25) is 14.3 Å². The van der Waals surface area contributed by atoms with Crippen LogP contribution in [0.1, 0.15) is 43.8 Å². The highest BCUT2D eigenvalue weighted by molar-refractivity contribution is 5.78. The summed E-state index contributed by atoms with van der Waals surface area (Å²) >= 11 is 0. The molecule has 126 valence electrons. The monoisotopic (exact) mass is 320 g/mol. The molecular weight excluding hydrogens is 296 g/mol. The van der Waals surface area contributed by atoms with E-state index in [1.807, 2.05) is 10.7 Å². The van der Waals surface area contributed by atoms with Crippen molar-refractivity contribution in [2.45, 2.75) is 50.8 Å². The molecule has 0 saturated heterocycles. The molecule has 23 heavy (non-hydrogen) atoms. The van der Waals surface area contributed by atoms with Crippen LogP contribution in [0.5, 0.6) is 0 Å². The topological polar surface area (TPSA) is 76.5 Å². The molecule has 3 rings (SSSR count). The van der Waals surface area contributed by atoms with Gasteiger partial charge in [-0.1, -0.05) is 12.8 Å². The lowest BCUT2D eigenvalue weighted by Crippen LogP contribution is -2.44. The fourth-order valence-corrected chi connectivity index (χ4v) is 3.38. The van der Waals surface area contributed by atoms with E-state index in [0.29, 0.717) is 19.5 Å². The smallest absolute Gasteiger partial charge is 0.249 e. The van der Waals surface area contributed by atoms with Crippen LogP contribution in [0.4, 0.5) is 0 Å². The van der Waals surface area contributed by atoms with E-state index in [1.165, 1.54) is 12.8 Å². The first-order valence-corrected chi connectivity index (χ1v) is 8.29. The number of nitrogens with zero attached hydrogens (tertiary/aromatic N) is 3. The molecule has 2 aliphatic rings. The van der Waals surface area contributed by atoms with E-state index in [0.717, 1.165) is 18.5 Å². The third kappa shape index (κ3) is 3.72. The third-order valence-corrected chi connectivity index (χ3v) is 4.68. The predicted octanol–water partition coefficient (Wildman–Crippen LogP) is 0.862. The summed E-state index contributed by atoms with van der Waals surface area (Å²) < 4.78 is 7.59. The molecule has 7 heteroatoms. The van der Waals surface area contributed by atoms with Crippen molar-refractivity contribution in [1.82, 2.24) is 20.0 Å². The van der Waals surface area contributed by atoms with Crippen LogP contribution in [0.15, 0.2) is 12.3 Å². The Morgan fingerprint density at radius 3 is 2.91 bits per heavy atom. The van der Waals surface area contributed by atoms with Crippen molar-refractivity contribution < 1.29 is 14.3 Å². The summed E-state index contributed by atoms with van der Waals surface area (Å²) in [4.78, 5) is 25.9. The maximum absolute atomic E-state index is 12.5. The molecule has 0 unspecified atom stereocenters. The Kier molecular flexibility index (Phi) is 4.95. The maximum Gasteiger partial charge on any atom is 0.249 e. The summed E-state index contributed by atoms with van der Waals surface area (Å²) in [7, 11) is 1.62. The van der Waals surface area contributed by atoms with Gasteiger partial charge >= 0.3 is 0 Å². The zero-order valence-electron chi connectivity index (χ0n) is 13.5. The van der Waals surface area contributed by atoms with Crippen LogP contribution in [-0.4, -0.2) is 52.8 Å². The van der Waals surface area contributed by atoms with Crippen LogP contribution in [0.2, 0.25) is 0 Å². The number of ether oxygens (including phenoxy) is 1. The molecule has 1 aromatic heterocycles. The number of nitrogens with one attached hydrogen (secondary N) is 1. The Morgan fingerprint density at radius 1 is 1.39 bits per heavy atom. The normalized spacial score (nSPS) is 21.3. The van der Waals surface area contributed by atoms with E-state index in [9.17, 15) is 9.59 Å². The van der Waals surface area contributed by atoms with Crippen LogP contribution < -0.4 is 5.32 Å². The number of carbonyl (C=O) groups is 2. The molecule has 0 aromatic carbocycles. The highest BCUT2D eigenvalue weighted by atomic mass is 16.5. The van der Waals surface area contributed by atoms with Gasteiger partial charge in [0, 0.05) is 19.8 Å². The highest BCUT2D eigenvalue weighted by Crippen LogP contribution is 2.24. The first kappa shape index (κ1) is 16.0. The van der Waals surface area contributed by atoms with Crippen molar-refractivity contribution in [2.24, 2.45) is 0 Å². The fraction of sp³-hybridized carbons (Fsp3) is 0.688. The van der Waals surface area contributed by atoms with Gasteiger partial charge in [0.15, 0.2) is 0 Å². The van der Waals surface area contributed by atoms with Crippen molar-refractivity contribution >= 4 is 11.8 Å². The summed E-state index contributed by atoms with van der Waals surface area (Å²) in [5.41, 5.74) is 0.958. The molecule has 0 spiro atoms. The molecule has 1 saturated carbocycles. The number of aromatic nitrogens is 2. The minimum absolute atomic E-state index is 0.00810. The number of hydrogen-bond donors (Lipinski definition) is 1. The van der Waals surface area contributed by atoms with Crippen LogP contribution in [0, 0.1) is 0 Å². The number of amides is 2. The van der Waals surface area contributed by atoms with Gasteiger partial charge in [0.1, 0.15) is 6.61 Å². The Hall–Kier alpha value is -1.89. The molecule has 1 atom stereocenters. The molecule has 1 N–H and O–H groups in total. The molecule has 1 aromatic rings. The van der Waals surface area contributed by atoms with Crippen molar-refractivity contribution in [3.63, 3.8) is 0 Å². The summed E-state index contributed by atoms with van der Waals surface area (Å²) in [6.45, 7) is 1.15. The summed E-state index contributed by atoms with van der Waals surface area (Å²) in [6, 6.07) is 1.78. The maximum atomic E-state index is 12.5. The van der Waals surface area contributed by atoms with Crippen LogP contribution in [-0.2, 0) is 20.9 Å². The van der Waals surface area contributed by atoms with Crippen LogP contribution >= 0.6 is 0 Å². The second-order valence-corrected chi connectivity index (χ2v) is 6.29. The Balaban J connectivity index is 1.61. The van der Waals surface area contributed by atoms with Crippen molar-refractivity contribution in [3.05, 3.63) is 18.0 Å². The van der Waals surface area contributed by atoms with E-state index in [-0.39, 0.29) is 30.6 Å². The molecule has 7 nitrogen and oxygen atoms in total. The minimum atomic E-state index is -0.121. The van der Waals surface area contributed by atoms with Crippen molar-refractivity contribution in [2.75, 3.05) is 20.2 Å². The van der Waals surface area contributed by atoms with E-state index in [4.69, 9.17) is 4.74 Å². The lowest BCUT2D eigenvalue weighted by atomic mass is 10.1. The van der Waals surface area contributed by atoms with Gasteiger partial charge in [-0.05, 0) is 18.9 Å². The number of hydrogen-bond acceptors (Lipinski definition) is 4. The third-order valence-electron chi connectivity index (χ3n) is 4.68. The summed E-state index contributed by atoms with van der Waals surface area (Å²) in [6.07, 6.45) is 6.76. The Bertz CT molecular complexity index is 565. The SMILES string of the molecule is CNC(=O)C[C@@H]1CN(C(=O)COC2CCCC2)Cc2ccnn21. The van der Waals surface area contributed by atoms with Gasteiger partial charge in [-0.2, -0.15) is 5.10 Å². The molecule has 1 aliphatic heterocycles. The van der Waals surface area contributed by atoms with Crippen molar-refractivity contribution in [1.29, 1.82) is 0 Å². The van der Waals surface area contributed by atoms with Gasteiger partial charge in [-0.25, -0.2) is 0 Å². The van der Waals surface area contributed by atoms with Gasteiger partial charge in [0.25, 0.3) is 0 Å². The summed E-state index contributed by atoms with van der Waals surface area (Å²) in [5.74, 6) is -0.0563. The van der Waals surface area contributed by atoms with Gasteiger partial charge in [0.2, 0.25) is 11.8 Å². The molecule has 0 radical (unpaired) electrons. The predicted molar refractivity (Wildman–Crippen MR) is 83.6 cm³/mol. The van der Waals surface area contributed by atoms with E-state index in [1.54, 1.807) is 18.1 Å². The van der Waals surface area contributed by atoms with Gasteiger partial charge in [0.05, 0.1) is 30.8 Å².